The molecule has 0 spiro atoms. The van der Waals surface area contributed by atoms with Crippen LogP contribution in [0.5, 0.6) is 5.75 Å². The summed E-state index contributed by atoms with van der Waals surface area (Å²) < 4.78 is 31.6. The van der Waals surface area contributed by atoms with Crippen molar-refractivity contribution in [2.24, 2.45) is 0 Å². The molecular formula is C16H12F2IN2OY-. The SMILES string of the molecule is C=C1C(I)=C[C-]=C(c2ccc(OCC#N)cc2)N1CC(F)F.[Y]. The first-order valence-electron chi connectivity index (χ1n) is 6.37. The van der Waals surface area contributed by atoms with Crippen LogP contribution in [0, 0.1) is 17.4 Å². The second-order valence-corrected chi connectivity index (χ2v) is 5.57. The molecule has 1 radical (unpaired) electrons. The number of allylic oxidation sites excluding steroid dienone is 3. The standard InChI is InChI=1S/C16H12F2IN2O.Y/c1-11-14(19)6-7-15(21(11)10-16(17)18)12-2-4-13(5-3-12)22-9-8-20;/h2-6,16H,1,9-10H2;/q-1;. The number of nitrogens with zero attached hydrogens (tertiary/aromatic N) is 2. The summed E-state index contributed by atoms with van der Waals surface area (Å²) in [5, 5.41) is 8.47. The van der Waals surface area contributed by atoms with E-state index in [9.17, 15) is 8.78 Å². The fourth-order valence-corrected chi connectivity index (χ4v) is 2.41. The van der Waals surface area contributed by atoms with Gasteiger partial charge in [0.05, 0.1) is 6.54 Å². The molecule has 1 aliphatic heterocycles. The molecule has 0 N–H and O–H groups in total. The van der Waals surface area contributed by atoms with E-state index in [1.807, 2.05) is 28.7 Å². The molecule has 117 valence electrons. The second-order valence-electron chi connectivity index (χ2n) is 4.40. The van der Waals surface area contributed by atoms with Crippen LogP contribution in [0.25, 0.3) is 5.70 Å². The number of rotatable bonds is 5. The molecule has 0 fully saturated rings. The van der Waals surface area contributed by atoms with E-state index in [2.05, 4.69) is 12.7 Å². The van der Waals surface area contributed by atoms with Gasteiger partial charge in [0.1, 0.15) is 11.8 Å². The average Bonchev–Trinajstić information content (AvgIpc) is 2.50. The number of alkyl halides is 2. The quantitative estimate of drug-likeness (QED) is 0.449. The summed E-state index contributed by atoms with van der Waals surface area (Å²) >= 11 is 2.04. The van der Waals surface area contributed by atoms with Crippen molar-refractivity contribution >= 4 is 28.3 Å². The zero-order valence-electron chi connectivity index (χ0n) is 12.1. The number of hydrogen-bond donors (Lipinski definition) is 0. The van der Waals surface area contributed by atoms with Gasteiger partial charge in [-0.2, -0.15) is 17.4 Å². The average molecular weight is 502 g/mol. The molecule has 7 heteroatoms. The molecule has 3 nitrogen and oxygen atoms in total. The van der Waals surface area contributed by atoms with Gasteiger partial charge >= 0.3 is 0 Å². The van der Waals surface area contributed by atoms with Crippen LogP contribution in [-0.2, 0) is 32.7 Å². The zero-order chi connectivity index (χ0) is 16.1. The number of nitriles is 1. The predicted octanol–water partition coefficient (Wildman–Crippen LogP) is 4.14. The Hall–Kier alpha value is -0.776. The zero-order valence-corrected chi connectivity index (χ0v) is 17.1. The molecule has 0 saturated heterocycles. The van der Waals surface area contributed by atoms with E-state index >= 15 is 0 Å². The fourth-order valence-electron chi connectivity index (χ4n) is 1.96. The Labute approximate surface area is 172 Å². The summed E-state index contributed by atoms with van der Waals surface area (Å²) in [7, 11) is 0. The smallest absolute Gasteiger partial charge is 0.256 e. The van der Waals surface area contributed by atoms with Crippen molar-refractivity contribution in [3.05, 3.63) is 57.8 Å². The minimum atomic E-state index is -2.48. The maximum atomic E-state index is 12.8. The Balaban J connectivity index is 0.00000264. The number of ether oxygens (including phenoxy) is 1. The van der Waals surface area contributed by atoms with E-state index in [1.165, 1.54) is 4.90 Å². The summed E-state index contributed by atoms with van der Waals surface area (Å²) in [5.41, 5.74) is 1.79. The first-order valence-corrected chi connectivity index (χ1v) is 7.45. The third-order valence-electron chi connectivity index (χ3n) is 2.96. The summed E-state index contributed by atoms with van der Waals surface area (Å²) in [5.74, 6) is 0.547. The molecule has 0 bridgehead atoms. The minimum absolute atomic E-state index is 0. The van der Waals surface area contributed by atoms with E-state index in [-0.39, 0.29) is 39.3 Å². The molecule has 1 heterocycles. The molecule has 2 rings (SSSR count). The van der Waals surface area contributed by atoms with Crippen LogP contribution in [-0.4, -0.2) is 24.5 Å². The largest absolute Gasteiger partial charge is 0.479 e. The normalized spacial score (nSPS) is 13.9. The van der Waals surface area contributed by atoms with Crippen molar-refractivity contribution in [1.29, 1.82) is 5.26 Å². The Morgan fingerprint density at radius 3 is 2.57 bits per heavy atom. The Kier molecular flexibility index (Phi) is 8.37. The first-order chi connectivity index (χ1) is 10.5. The number of halogens is 3. The van der Waals surface area contributed by atoms with E-state index in [0.29, 0.717) is 17.1 Å². The summed E-state index contributed by atoms with van der Waals surface area (Å²) in [6, 6.07) is 8.74. The predicted molar refractivity (Wildman–Crippen MR) is 88.2 cm³/mol. The van der Waals surface area contributed by atoms with Gasteiger partial charge in [-0.05, 0) is 17.8 Å². The van der Waals surface area contributed by atoms with E-state index < -0.39 is 13.0 Å². The van der Waals surface area contributed by atoms with E-state index in [4.69, 9.17) is 10.00 Å². The van der Waals surface area contributed by atoms with Crippen LogP contribution < -0.4 is 4.74 Å². The van der Waals surface area contributed by atoms with Gasteiger partial charge < -0.3 is 9.64 Å². The van der Waals surface area contributed by atoms with Gasteiger partial charge in [-0.25, -0.2) is 8.78 Å². The van der Waals surface area contributed by atoms with Crippen molar-refractivity contribution < 1.29 is 46.2 Å². The van der Waals surface area contributed by atoms with Crippen molar-refractivity contribution in [3.63, 3.8) is 0 Å². The van der Waals surface area contributed by atoms with Gasteiger partial charge in [0.2, 0.25) is 0 Å². The van der Waals surface area contributed by atoms with Gasteiger partial charge in [-0.15, -0.1) is 34.7 Å². The van der Waals surface area contributed by atoms with Crippen molar-refractivity contribution in [1.82, 2.24) is 4.90 Å². The third kappa shape index (κ3) is 5.37. The van der Waals surface area contributed by atoms with Gasteiger partial charge in [-0.1, -0.05) is 21.4 Å². The Morgan fingerprint density at radius 2 is 2.00 bits per heavy atom. The molecule has 1 aliphatic rings. The molecular weight excluding hydrogens is 490 g/mol. The molecule has 1 aromatic rings. The maximum absolute atomic E-state index is 12.8. The summed E-state index contributed by atoms with van der Waals surface area (Å²) in [6.45, 7) is 3.38. The van der Waals surface area contributed by atoms with Gasteiger partial charge in [0.25, 0.3) is 6.43 Å². The van der Waals surface area contributed by atoms with Crippen LogP contribution in [0.4, 0.5) is 8.78 Å². The van der Waals surface area contributed by atoms with Crippen LogP contribution in [0.15, 0.2) is 46.2 Å². The van der Waals surface area contributed by atoms with E-state index in [1.54, 1.807) is 30.3 Å². The Bertz CT molecular complexity index is 666. The maximum Gasteiger partial charge on any atom is 0.256 e. The van der Waals surface area contributed by atoms with Crippen LogP contribution in [0.1, 0.15) is 5.56 Å². The summed E-state index contributed by atoms with van der Waals surface area (Å²) in [6.07, 6.45) is 2.26. The molecule has 0 aromatic heterocycles. The van der Waals surface area contributed by atoms with Crippen LogP contribution in [0.2, 0.25) is 0 Å². The monoisotopic (exact) mass is 502 g/mol. The number of benzene rings is 1. The molecule has 0 unspecified atom stereocenters. The molecule has 1 aromatic carbocycles. The second kappa shape index (κ2) is 9.50. The summed E-state index contributed by atoms with van der Waals surface area (Å²) in [4.78, 5) is 1.46. The molecule has 0 amide bonds. The molecule has 0 aliphatic carbocycles. The van der Waals surface area contributed by atoms with Gasteiger partial charge in [0, 0.05) is 32.7 Å². The van der Waals surface area contributed by atoms with E-state index in [0.717, 1.165) is 9.14 Å². The fraction of sp³-hybridized carbons (Fsp3) is 0.188. The number of hydrogen-bond acceptors (Lipinski definition) is 3. The third-order valence-corrected chi connectivity index (χ3v) is 3.89. The van der Waals surface area contributed by atoms with Crippen molar-refractivity contribution in [3.8, 4) is 11.8 Å². The van der Waals surface area contributed by atoms with Gasteiger partial charge in [0.15, 0.2) is 6.61 Å². The van der Waals surface area contributed by atoms with Gasteiger partial charge in [-0.3, -0.25) is 0 Å². The van der Waals surface area contributed by atoms with Crippen LogP contribution in [0.3, 0.4) is 0 Å². The molecule has 23 heavy (non-hydrogen) atoms. The van der Waals surface area contributed by atoms with Crippen LogP contribution >= 0.6 is 22.6 Å². The van der Waals surface area contributed by atoms with Crippen molar-refractivity contribution in [2.75, 3.05) is 13.2 Å². The molecule has 0 atom stereocenters. The topological polar surface area (TPSA) is 36.3 Å². The first kappa shape index (κ1) is 20.3. The molecule has 0 saturated carbocycles. The minimum Gasteiger partial charge on any atom is -0.479 e. The van der Waals surface area contributed by atoms with Crippen molar-refractivity contribution in [2.45, 2.75) is 6.43 Å². The Morgan fingerprint density at radius 1 is 1.35 bits per heavy atom.